The minimum atomic E-state index is -0.354. The number of ketones is 1. The van der Waals surface area contributed by atoms with Crippen LogP contribution >= 0.6 is 23.1 Å². The normalized spacial score (nSPS) is 12.4. The van der Waals surface area contributed by atoms with E-state index in [0.29, 0.717) is 29.3 Å². The standard InChI is InChI=1S/C20H22N2O3S2/c1-12-13(2)26-18-16(12)19(24)22(10-11-25-4)20(21-18)27-14(3)17(23)15-8-6-5-7-9-15/h5-9,14H,10-11H2,1-4H3. The Morgan fingerprint density at radius 1 is 1.30 bits per heavy atom. The summed E-state index contributed by atoms with van der Waals surface area (Å²) < 4.78 is 6.79. The molecule has 0 saturated heterocycles. The summed E-state index contributed by atoms with van der Waals surface area (Å²) in [7, 11) is 1.60. The van der Waals surface area contributed by atoms with E-state index in [-0.39, 0.29) is 16.6 Å². The zero-order valence-corrected chi connectivity index (χ0v) is 17.4. The maximum Gasteiger partial charge on any atom is 0.263 e. The lowest BCUT2D eigenvalue weighted by molar-refractivity contribution is 0.0994. The molecule has 5 nitrogen and oxygen atoms in total. The average molecular weight is 403 g/mol. The number of benzene rings is 1. The summed E-state index contributed by atoms with van der Waals surface area (Å²) in [5, 5.41) is 0.871. The van der Waals surface area contributed by atoms with Crippen molar-refractivity contribution in [2.24, 2.45) is 0 Å². The van der Waals surface area contributed by atoms with Gasteiger partial charge >= 0.3 is 0 Å². The van der Waals surface area contributed by atoms with Crippen LogP contribution in [-0.4, -0.2) is 34.3 Å². The molecule has 2 aromatic heterocycles. The van der Waals surface area contributed by atoms with E-state index in [1.165, 1.54) is 23.1 Å². The van der Waals surface area contributed by atoms with E-state index in [0.717, 1.165) is 15.3 Å². The van der Waals surface area contributed by atoms with Crippen LogP contribution in [0.3, 0.4) is 0 Å². The third kappa shape index (κ3) is 4.00. The number of carbonyl (C=O) groups is 1. The molecule has 1 unspecified atom stereocenters. The lowest BCUT2D eigenvalue weighted by Crippen LogP contribution is -2.26. The molecule has 3 rings (SSSR count). The quantitative estimate of drug-likeness (QED) is 0.338. The van der Waals surface area contributed by atoms with Crippen LogP contribution in [0.25, 0.3) is 10.2 Å². The van der Waals surface area contributed by atoms with Crippen LogP contribution < -0.4 is 5.56 Å². The molecule has 1 aromatic carbocycles. The highest BCUT2D eigenvalue weighted by Gasteiger charge is 2.22. The van der Waals surface area contributed by atoms with Crippen molar-refractivity contribution < 1.29 is 9.53 Å². The molecule has 0 saturated carbocycles. The van der Waals surface area contributed by atoms with Gasteiger partial charge in [-0.2, -0.15) is 0 Å². The minimum absolute atomic E-state index is 0.0202. The van der Waals surface area contributed by atoms with Crippen LogP contribution in [0, 0.1) is 13.8 Å². The summed E-state index contributed by atoms with van der Waals surface area (Å²) in [6.45, 7) is 6.61. The summed E-state index contributed by atoms with van der Waals surface area (Å²) in [6, 6.07) is 9.19. The molecule has 1 atom stereocenters. The second-order valence-corrected chi connectivity index (χ2v) is 8.81. The van der Waals surface area contributed by atoms with Crippen LogP contribution in [0.4, 0.5) is 0 Å². The van der Waals surface area contributed by atoms with Gasteiger partial charge in [-0.15, -0.1) is 11.3 Å². The van der Waals surface area contributed by atoms with Gasteiger partial charge < -0.3 is 4.74 Å². The van der Waals surface area contributed by atoms with Gasteiger partial charge in [0.2, 0.25) is 0 Å². The number of hydrogen-bond donors (Lipinski definition) is 0. The fourth-order valence-corrected chi connectivity index (χ4v) is 4.91. The van der Waals surface area contributed by atoms with Crippen LogP contribution in [0.1, 0.15) is 27.7 Å². The third-order valence-electron chi connectivity index (χ3n) is 4.48. The Labute approximate surface area is 166 Å². The van der Waals surface area contributed by atoms with Gasteiger partial charge in [0.1, 0.15) is 4.83 Å². The predicted octanol–water partition coefficient (Wildman–Crippen LogP) is 4.08. The van der Waals surface area contributed by atoms with E-state index >= 15 is 0 Å². The maximum absolute atomic E-state index is 13.1. The smallest absolute Gasteiger partial charge is 0.263 e. The predicted molar refractivity (Wildman–Crippen MR) is 111 cm³/mol. The third-order valence-corrected chi connectivity index (χ3v) is 6.67. The number of thioether (sulfide) groups is 1. The number of ether oxygens (including phenoxy) is 1. The Bertz CT molecular complexity index is 1030. The van der Waals surface area contributed by atoms with Gasteiger partial charge in [-0.25, -0.2) is 4.98 Å². The van der Waals surface area contributed by atoms with E-state index in [9.17, 15) is 9.59 Å². The molecule has 0 N–H and O–H groups in total. The molecular formula is C20H22N2O3S2. The van der Waals surface area contributed by atoms with E-state index in [1.54, 1.807) is 23.8 Å². The van der Waals surface area contributed by atoms with E-state index in [1.807, 2.05) is 39.0 Å². The van der Waals surface area contributed by atoms with Crippen molar-refractivity contribution in [1.82, 2.24) is 9.55 Å². The molecule has 0 aliphatic heterocycles. The number of carbonyl (C=O) groups excluding carboxylic acids is 1. The van der Waals surface area contributed by atoms with E-state index in [2.05, 4.69) is 0 Å². The number of thiophene rings is 1. The molecule has 7 heteroatoms. The van der Waals surface area contributed by atoms with Gasteiger partial charge in [0.15, 0.2) is 10.9 Å². The Morgan fingerprint density at radius 3 is 2.67 bits per heavy atom. The van der Waals surface area contributed by atoms with Crippen molar-refractivity contribution in [2.45, 2.75) is 37.7 Å². The van der Waals surface area contributed by atoms with Crippen molar-refractivity contribution in [2.75, 3.05) is 13.7 Å². The minimum Gasteiger partial charge on any atom is -0.383 e. The number of fused-ring (bicyclic) bond motifs is 1. The molecule has 0 aliphatic carbocycles. The first-order chi connectivity index (χ1) is 12.9. The molecule has 0 radical (unpaired) electrons. The average Bonchev–Trinajstić information content (AvgIpc) is 2.95. The molecule has 0 spiro atoms. The van der Waals surface area contributed by atoms with Gasteiger partial charge in [-0.05, 0) is 26.3 Å². The van der Waals surface area contributed by atoms with E-state index in [4.69, 9.17) is 9.72 Å². The van der Waals surface area contributed by atoms with Crippen LogP contribution in [0.5, 0.6) is 0 Å². The summed E-state index contributed by atoms with van der Waals surface area (Å²) in [5.41, 5.74) is 1.57. The number of Topliss-reactive ketones (excluding diaryl/α,β-unsaturated/α-hetero) is 1. The van der Waals surface area contributed by atoms with Crippen molar-refractivity contribution in [3.8, 4) is 0 Å². The van der Waals surface area contributed by atoms with Crippen LogP contribution in [-0.2, 0) is 11.3 Å². The monoisotopic (exact) mass is 402 g/mol. The van der Waals surface area contributed by atoms with Gasteiger partial charge in [-0.3, -0.25) is 14.2 Å². The first-order valence-corrected chi connectivity index (χ1v) is 10.4. The van der Waals surface area contributed by atoms with Gasteiger partial charge in [-0.1, -0.05) is 42.1 Å². The number of aromatic nitrogens is 2. The SMILES string of the molecule is COCCn1c(SC(C)C(=O)c2ccccc2)nc2sc(C)c(C)c2c1=O. The maximum atomic E-state index is 13.1. The molecule has 0 aliphatic rings. The topological polar surface area (TPSA) is 61.2 Å². The second-order valence-electron chi connectivity index (χ2n) is 6.30. The van der Waals surface area contributed by atoms with Crippen molar-refractivity contribution >= 4 is 39.1 Å². The van der Waals surface area contributed by atoms with E-state index < -0.39 is 0 Å². The largest absolute Gasteiger partial charge is 0.383 e. The number of methoxy groups -OCH3 is 1. The first kappa shape index (κ1) is 19.8. The van der Waals surface area contributed by atoms with Crippen molar-refractivity contribution in [1.29, 1.82) is 0 Å². The summed E-state index contributed by atoms with van der Waals surface area (Å²) in [5.74, 6) is 0.0202. The van der Waals surface area contributed by atoms with Crippen LogP contribution in [0.15, 0.2) is 40.3 Å². The Balaban J connectivity index is 2.01. The fourth-order valence-electron chi connectivity index (χ4n) is 2.83. The Morgan fingerprint density at radius 2 is 2.00 bits per heavy atom. The first-order valence-electron chi connectivity index (χ1n) is 8.69. The van der Waals surface area contributed by atoms with Crippen LogP contribution in [0.2, 0.25) is 0 Å². The molecule has 0 fully saturated rings. The second kappa shape index (κ2) is 8.37. The molecule has 27 heavy (non-hydrogen) atoms. The highest BCUT2D eigenvalue weighted by molar-refractivity contribution is 8.00. The summed E-state index contributed by atoms with van der Waals surface area (Å²) >= 11 is 2.84. The Hall–Kier alpha value is -1.96. The zero-order valence-electron chi connectivity index (χ0n) is 15.8. The van der Waals surface area contributed by atoms with Gasteiger partial charge in [0.25, 0.3) is 5.56 Å². The van der Waals surface area contributed by atoms with Crippen molar-refractivity contribution in [3.05, 3.63) is 56.7 Å². The Kier molecular flexibility index (Phi) is 6.14. The fraction of sp³-hybridized carbons (Fsp3) is 0.350. The molecule has 3 aromatic rings. The zero-order chi connectivity index (χ0) is 19.6. The summed E-state index contributed by atoms with van der Waals surface area (Å²) in [4.78, 5) is 32.3. The molecule has 142 valence electrons. The molecule has 2 heterocycles. The van der Waals surface area contributed by atoms with Gasteiger partial charge in [0, 0.05) is 17.6 Å². The molecule has 0 amide bonds. The van der Waals surface area contributed by atoms with Crippen molar-refractivity contribution in [3.63, 3.8) is 0 Å². The number of rotatable bonds is 7. The lowest BCUT2D eigenvalue weighted by Gasteiger charge is -2.15. The number of nitrogens with zero attached hydrogens (tertiary/aromatic N) is 2. The lowest BCUT2D eigenvalue weighted by atomic mass is 10.1. The highest BCUT2D eigenvalue weighted by atomic mass is 32.2. The number of aryl methyl sites for hydroxylation is 2. The summed E-state index contributed by atoms with van der Waals surface area (Å²) in [6.07, 6.45) is 0. The number of hydrogen-bond acceptors (Lipinski definition) is 6. The molecular weight excluding hydrogens is 380 g/mol. The molecule has 0 bridgehead atoms. The van der Waals surface area contributed by atoms with Gasteiger partial charge in [0.05, 0.1) is 23.8 Å². The highest BCUT2D eigenvalue weighted by Crippen LogP contribution is 2.30.